The van der Waals surface area contributed by atoms with E-state index in [1.54, 1.807) is 6.07 Å². The van der Waals surface area contributed by atoms with Gasteiger partial charge in [-0.1, -0.05) is 36.7 Å². The SMILES string of the molecule is CC(C)COc1ccc(Br)cc1C(=O)NC(=S)N1CCC(C)CC1. The first-order valence-corrected chi connectivity index (χ1v) is 9.59. The van der Waals surface area contributed by atoms with Crippen molar-refractivity contribution in [2.24, 2.45) is 11.8 Å². The summed E-state index contributed by atoms with van der Waals surface area (Å²) < 4.78 is 6.61. The van der Waals surface area contributed by atoms with Crippen molar-refractivity contribution in [3.63, 3.8) is 0 Å². The van der Waals surface area contributed by atoms with Crippen molar-refractivity contribution in [2.75, 3.05) is 19.7 Å². The second kappa shape index (κ2) is 8.81. The molecule has 1 amide bonds. The first-order chi connectivity index (χ1) is 11.4. The first-order valence-electron chi connectivity index (χ1n) is 8.39. The van der Waals surface area contributed by atoms with Crippen molar-refractivity contribution in [2.45, 2.75) is 33.6 Å². The minimum Gasteiger partial charge on any atom is -0.492 e. The van der Waals surface area contributed by atoms with Crippen LogP contribution in [0.15, 0.2) is 22.7 Å². The van der Waals surface area contributed by atoms with Gasteiger partial charge in [0, 0.05) is 17.6 Å². The van der Waals surface area contributed by atoms with Crippen LogP contribution >= 0.6 is 28.1 Å². The number of ether oxygens (including phenoxy) is 1. The Morgan fingerprint density at radius 2 is 2.08 bits per heavy atom. The van der Waals surface area contributed by atoms with E-state index in [2.05, 4.69) is 46.9 Å². The zero-order valence-corrected chi connectivity index (χ0v) is 16.9. The number of hydrogen-bond acceptors (Lipinski definition) is 3. The Morgan fingerprint density at radius 3 is 2.71 bits per heavy atom. The molecule has 4 nitrogen and oxygen atoms in total. The zero-order chi connectivity index (χ0) is 17.7. The zero-order valence-electron chi connectivity index (χ0n) is 14.5. The van der Waals surface area contributed by atoms with Gasteiger partial charge >= 0.3 is 0 Å². The van der Waals surface area contributed by atoms with Gasteiger partial charge in [-0.3, -0.25) is 10.1 Å². The maximum atomic E-state index is 12.7. The van der Waals surface area contributed by atoms with Crippen LogP contribution in [0.3, 0.4) is 0 Å². The predicted molar refractivity (Wildman–Crippen MR) is 105 cm³/mol. The van der Waals surface area contributed by atoms with Gasteiger partial charge in [-0.05, 0) is 55.1 Å². The first kappa shape index (κ1) is 19.2. The molecular weight excluding hydrogens is 388 g/mol. The number of likely N-dealkylation sites (tertiary alicyclic amines) is 1. The van der Waals surface area contributed by atoms with Gasteiger partial charge in [0.1, 0.15) is 5.75 Å². The third kappa shape index (κ3) is 5.45. The molecule has 1 fully saturated rings. The number of hydrogen-bond donors (Lipinski definition) is 1. The molecule has 0 saturated carbocycles. The Hall–Kier alpha value is -1.14. The molecule has 132 valence electrons. The van der Waals surface area contributed by atoms with Crippen LogP contribution in [0.25, 0.3) is 0 Å². The van der Waals surface area contributed by atoms with E-state index in [0.717, 1.165) is 36.3 Å². The van der Waals surface area contributed by atoms with E-state index in [1.807, 2.05) is 12.1 Å². The van der Waals surface area contributed by atoms with Crippen molar-refractivity contribution in [1.82, 2.24) is 10.2 Å². The molecule has 1 aliphatic heterocycles. The Kier molecular flexibility index (Phi) is 7.04. The van der Waals surface area contributed by atoms with E-state index in [0.29, 0.717) is 29.0 Å². The molecule has 0 aliphatic carbocycles. The van der Waals surface area contributed by atoms with Crippen molar-refractivity contribution >= 4 is 39.2 Å². The molecule has 0 spiro atoms. The summed E-state index contributed by atoms with van der Waals surface area (Å²) in [5.74, 6) is 1.47. The molecule has 6 heteroatoms. The molecule has 24 heavy (non-hydrogen) atoms. The van der Waals surface area contributed by atoms with Crippen molar-refractivity contribution in [3.05, 3.63) is 28.2 Å². The largest absolute Gasteiger partial charge is 0.492 e. The quantitative estimate of drug-likeness (QED) is 0.751. The molecule has 1 heterocycles. The summed E-state index contributed by atoms with van der Waals surface area (Å²) in [4.78, 5) is 14.7. The smallest absolute Gasteiger partial charge is 0.261 e. The van der Waals surface area contributed by atoms with Gasteiger partial charge in [0.25, 0.3) is 5.91 Å². The van der Waals surface area contributed by atoms with Crippen molar-refractivity contribution in [3.8, 4) is 5.75 Å². The summed E-state index contributed by atoms with van der Waals surface area (Å²) in [5, 5.41) is 3.36. The highest BCUT2D eigenvalue weighted by molar-refractivity contribution is 9.10. The number of amides is 1. The Labute approximate surface area is 158 Å². The second-order valence-electron chi connectivity index (χ2n) is 6.77. The minimum atomic E-state index is -0.223. The maximum Gasteiger partial charge on any atom is 0.261 e. The number of benzene rings is 1. The standard InChI is InChI=1S/C18H25BrN2O2S/c1-12(2)11-23-16-5-4-14(19)10-15(16)17(22)20-18(24)21-8-6-13(3)7-9-21/h4-5,10,12-13H,6-9,11H2,1-3H3,(H,20,22,24). The average Bonchev–Trinajstić information content (AvgIpc) is 2.54. The normalized spacial score (nSPS) is 15.5. The van der Waals surface area contributed by atoms with E-state index < -0.39 is 0 Å². The molecule has 0 radical (unpaired) electrons. The van der Waals surface area contributed by atoms with Crippen LogP contribution < -0.4 is 10.1 Å². The number of carbonyl (C=O) groups excluding carboxylic acids is 1. The van der Waals surface area contributed by atoms with Crippen LogP contribution in [0.5, 0.6) is 5.75 Å². The fraction of sp³-hybridized carbons (Fsp3) is 0.556. The van der Waals surface area contributed by atoms with Crippen LogP contribution in [-0.2, 0) is 0 Å². The van der Waals surface area contributed by atoms with E-state index in [1.165, 1.54) is 0 Å². The third-order valence-corrected chi connectivity index (χ3v) is 4.90. The molecule has 0 unspecified atom stereocenters. The second-order valence-corrected chi connectivity index (χ2v) is 8.08. The third-order valence-electron chi connectivity index (χ3n) is 4.05. The highest BCUT2D eigenvalue weighted by atomic mass is 79.9. The lowest BCUT2D eigenvalue weighted by molar-refractivity contribution is 0.0967. The van der Waals surface area contributed by atoms with Gasteiger partial charge in [0.15, 0.2) is 5.11 Å². The van der Waals surface area contributed by atoms with E-state index >= 15 is 0 Å². The number of thiocarbonyl (C=S) groups is 1. The van der Waals surface area contributed by atoms with E-state index in [-0.39, 0.29) is 5.91 Å². The van der Waals surface area contributed by atoms with Gasteiger partial charge in [-0.15, -0.1) is 0 Å². The number of rotatable bonds is 4. The topological polar surface area (TPSA) is 41.6 Å². The molecule has 0 bridgehead atoms. The lowest BCUT2D eigenvalue weighted by Gasteiger charge is -2.32. The fourth-order valence-corrected chi connectivity index (χ4v) is 3.15. The Morgan fingerprint density at radius 1 is 1.42 bits per heavy atom. The van der Waals surface area contributed by atoms with Crippen molar-refractivity contribution in [1.29, 1.82) is 0 Å². The van der Waals surface area contributed by atoms with Gasteiger partial charge in [-0.25, -0.2) is 0 Å². The van der Waals surface area contributed by atoms with E-state index in [9.17, 15) is 4.79 Å². The summed E-state index contributed by atoms with van der Waals surface area (Å²) in [5.41, 5.74) is 0.498. The molecule has 0 atom stereocenters. The molecular formula is C18H25BrN2O2S. The summed E-state index contributed by atoms with van der Waals surface area (Å²) in [7, 11) is 0. The lowest BCUT2D eigenvalue weighted by atomic mass is 10.00. The summed E-state index contributed by atoms with van der Waals surface area (Å²) >= 11 is 8.83. The number of carbonyl (C=O) groups is 1. The van der Waals surface area contributed by atoms with Gasteiger partial charge < -0.3 is 9.64 Å². The molecule has 1 N–H and O–H groups in total. The lowest BCUT2D eigenvalue weighted by Crippen LogP contribution is -2.46. The predicted octanol–water partition coefficient (Wildman–Crippen LogP) is 4.23. The average molecular weight is 413 g/mol. The number of nitrogens with zero attached hydrogens (tertiary/aromatic N) is 1. The fourth-order valence-electron chi connectivity index (χ4n) is 2.52. The summed E-state index contributed by atoms with van der Waals surface area (Å²) in [6, 6.07) is 5.45. The Balaban J connectivity index is 2.05. The highest BCUT2D eigenvalue weighted by Gasteiger charge is 2.21. The summed E-state index contributed by atoms with van der Waals surface area (Å²) in [6.45, 7) is 8.76. The van der Waals surface area contributed by atoms with Gasteiger partial charge in [-0.2, -0.15) is 0 Å². The van der Waals surface area contributed by atoms with Crippen LogP contribution in [0.2, 0.25) is 0 Å². The molecule has 1 saturated heterocycles. The van der Waals surface area contributed by atoms with Crippen LogP contribution in [0.1, 0.15) is 44.0 Å². The van der Waals surface area contributed by atoms with Crippen molar-refractivity contribution < 1.29 is 9.53 Å². The highest BCUT2D eigenvalue weighted by Crippen LogP contribution is 2.24. The minimum absolute atomic E-state index is 0.223. The van der Waals surface area contributed by atoms with Crippen LogP contribution in [-0.4, -0.2) is 35.6 Å². The number of halogens is 1. The van der Waals surface area contributed by atoms with Gasteiger partial charge in [0.2, 0.25) is 0 Å². The van der Waals surface area contributed by atoms with E-state index in [4.69, 9.17) is 17.0 Å². The molecule has 1 aliphatic rings. The monoisotopic (exact) mass is 412 g/mol. The molecule has 1 aromatic carbocycles. The van der Waals surface area contributed by atoms with Crippen LogP contribution in [0, 0.1) is 11.8 Å². The maximum absolute atomic E-state index is 12.7. The summed E-state index contributed by atoms with van der Waals surface area (Å²) in [6.07, 6.45) is 2.21. The number of nitrogens with one attached hydrogen (secondary N) is 1. The van der Waals surface area contributed by atoms with Gasteiger partial charge in [0.05, 0.1) is 12.2 Å². The molecule has 0 aromatic heterocycles. The Bertz CT molecular complexity index is 599. The van der Waals surface area contributed by atoms with Crippen LogP contribution in [0.4, 0.5) is 0 Å². The number of piperidine rings is 1. The molecule has 2 rings (SSSR count). The molecule has 1 aromatic rings.